The van der Waals surface area contributed by atoms with E-state index in [-0.39, 0.29) is 5.25 Å². The van der Waals surface area contributed by atoms with Gasteiger partial charge in [-0.15, -0.1) is 11.8 Å². The molecule has 20 heavy (non-hydrogen) atoms. The fourth-order valence-corrected chi connectivity index (χ4v) is 3.54. The van der Waals surface area contributed by atoms with Crippen LogP contribution in [0.4, 0.5) is 0 Å². The van der Waals surface area contributed by atoms with E-state index >= 15 is 0 Å². The molecular weight excluding hydrogens is 264 g/mol. The first-order valence-electron chi connectivity index (χ1n) is 6.81. The Bertz CT molecular complexity index is 616. The van der Waals surface area contributed by atoms with E-state index in [1.165, 1.54) is 10.5 Å². The van der Waals surface area contributed by atoms with Gasteiger partial charge in [-0.1, -0.05) is 54.6 Å². The van der Waals surface area contributed by atoms with Crippen molar-refractivity contribution < 1.29 is 4.79 Å². The Morgan fingerprint density at radius 3 is 2.30 bits per heavy atom. The van der Waals surface area contributed by atoms with Crippen LogP contribution in [0.5, 0.6) is 0 Å². The monoisotopic (exact) mass is 280 g/mol. The number of carbonyl (C=O) groups is 1. The van der Waals surface area contributed by atoms with E-state index in [4.69, 9.17) is 0 Å². The van der Waals surface area contributed by atoms with Crippen LogP contribution in [0.2, 0.25) is 0 Å². The standard InChI is InChI=1S/C18H16OS/c19-18-13-17(20-16-9-5-2-6-10-16)12-15(18)11-14-7-3-1-4-8-14/h1-10,12,17H,11,13H2. The zero-order valence-corrected chi connectivity index (χ0v) is 12.0. The molecule has 1 nitrogen and oxygen atoms in total. The van der Waals surface area contributed by atoms with Gasteiger partial charge in [0, 0.05) is 23.0 Å². The smallest absolute Gasteiger partial charge is 0.160 e. The van der Waals surface area contributed by atoms with Crippen LogP contribution in [-0.4, -0.2) is 11.0 Å². The number of rotatable bonds is 4. The zero-order chi connectivity index (χ0) is 13.8. The maximum atomic E-state index is 12.1. The third-order valence-electron chi connectivity index (χ3n) is 3.40. The van der Waals surface area contributed by atoms with Crippen molar-refractivity contribution in [3.05, 3.63) is 77.9 Å². The van der Waals surface area contributed by atoms with Crippen LogP contribution < -0.4 is 0 Å². The lowest BCUT2D eigenvalue weighted by Crippen LogP contribution is -2.01. The number of hydrogen-bond donors (Lipinski definition) is 0. The van der Waals surface area contributed by atoms with Crippen molar-refractivity contribution >= 4 is 17.5 Å². The van der Waals surface area contributed by atoms with E-state index in [0.29, 0.717) is 12.2 Å². The second kappa shape index (κ2) is 6.10. The van der Waals surface area contributed by atoms with Crippen molar-refractivity contribution in [3.8, 4) is 0 Å². The Morgan fingerprint density at radius 2 is 1.60 bits per heavy atom. The van der Waals surface area contributed by atoms with Gasteiger partial charge in [0.2, 0.25) is 0 Å². The quantitative estimate of drug-likeness (QED) is 0.831. The van der Waals surface area contributed by atoms with Crippen molar-refractivity contribution in [3.63, 3.8) is 0 Å². The minimum Gasteiger partial charge on any atom is -0.294 e. The highest BCUT2D eigenvalue weighted by molar-refractivity contribution is 8.00. The van der Waals surface area contributed by atoms with Crippen LogP contribution in [0, 0.1) is 0 Å². The summed E-state index contributed by atoms with van der Waals surface area (Å²) >= 11 is 1.77. The summed E-state index contributed by atoms with van der Waals surface area (Å²) in [5.74, 6) is 0.294. The third kappa shape index (κ3) is 3.20. The molecule has 0 aromatic heterocycles. The Morgan fingerprint density at radius 1 is 0.950 bits per heavy atom. The minimum absolute atomic E-state index is 0.281. The van der Waals surface area contributed by atoms with Gasteiger partial charge < -0.3 is 0 Å². The van der Waals surface area contributed by atoms with E-state index in [1.807, 2.05) is 36.4 Å². The number of ketones is 1. The van der Waals surface area contributed by atoms with Crippen molar-refractivity contribution in [1.82, 2.24) is 0 Å². The Labute approximate surface area is 123 Å². The molecule has 0 heterocycles. The second-order valence-corrected chi connectivity index (χ2v) is 6.26. The van der Waals surface area contributed by atoms with Crippen molar-refractivity contribution in [1.29, 1.82) is 0 Å². The molecule has 0 saturated heterocycles. The van der Waals surface area contributed by atoms with Gasteiger partial charge in [-0.05, 0) is 23.3 Å². The third-order valence-corrected chi connectivity index (χ3v) is 4.55. The van der Waals surface area contributed by atoms with Gasteiger partial charge in [-0.25, -0.2) is 0 Å². The fourth-order valence-electron chi connectivity index (χ4n) is 2.41. The molecule has 3 rings (SSSR count). The lowest BCUT2D eigenvalue weighted by Gasteiger charge is -2.05. The van der Waals surface area contributed by atoms with Gasteiger partial charge >= 0.3 is 0 Å². The summed E-state index contributed by atoms with van der Waals surface area (Å²) < 4.78 is 0. The first-order chi connectivity index (χ1) is 9.81. The number of carbonyl (C=O) groups excluding carboxylic acids is 1. The van der Waals surface area contributed by atoms with E-state index in [0.717, 1.165) is 12.0 Å². The highest BCUT2D eigenvalue weighted by Crippen LogP contribution is 2.32. The average molecular weight is 280 g/mol. The van der Waals surface area contributed by atoms with E-state index in [9.17, 15) is 4.79 Å². The first-order valence-corrected chi connectivity index (χ1v) is 7.69. The SMILES string of the molecule is O=C1CC(Sc2ccccc2)C=C1Cc1ccccc1. The molecule has 0 N–H and O–H groups in total. The van der Waals surface area contributed by atoms with Gasteiger partial charge in [-0.3, -0.25) is 4.79 Å². The Balaban J connectivity index is 1.69. The normalized spacial score (nSPS) is 18.1. The summed E-state index contributed by atoms with van der Waals surface area (Å²) in [6.45, 7) is 0. The van der Waals surface area contributed by atoms with Crippen LogP contribution in [0.15, 0.2) is 77.2 Å². The van der Waals surface area contributed by atoms with Gasteiger partial charge in [0.1, 0.15) is 0 Å². The summed E-state index contributed by atoms with van der Waals surface area (Å²) in [6.07, 6.45) is 3.53. The van der Waals surface area contributed by atoms with Crippen LogP contribution in [0.1, 0.15) is 12.0 Å². The summed E-state index contributed by atoms with van der Waals surface area (Å²) in [5.41, 5.74) is 2.17. The van der Waals surface area contributed by atoms with Crippen LogP contribution in [-0.2, 0) is 11.2 Å². The van der Waals surface area contributed by atoms with Gasteiger partial charge in [-0.2, -0.15) is 0 Å². The molecule has 0 amide bonds. The fraction of sp³-hybridized carbons (Fsp3) is 0.167. The number of allylic oxidation sites excluding steroid dienone is 1. The summed E-state index contributed by atoms with van der Waals surface area (Å²) in [6, 6.07) is 20.5. The highest BCUT2D eigenvalue weighted by atomic mass is 32.2. The van der Waals surface area contributed by atoms with Crippen LogP contribution >= 0.6 is 11.8 Å². The summed E-state index contributed by atoms with van der Waals surface area (Å²) in [4.78, 5) is 13.3. The molecule has 0 bridgehead atoms. The van der Waals surface area contributed by atoms with Crippen molar-refractivity contribution in [2.24, 2.45) is 0 Å². The molecule has 1 aliphatic carbocycles. The number of hydrogen-bond acceptors (Lipinski definition) is 2. The maximum Gasteiger partial charge on any atom is 0.160 e. The molecule has 1 atom stereocenters. The van der Waals surface area contributed by atoms with Gasteiger partial charge in [0.25, 0.3) is 0 Å². The zero-order valence-electron chi connectivity index (χ0n) is 11.2. The van der Waals surface area contributed by atoms with Crippen LogP contribution in [0.3, 0.4) is 0 Å². The van der Waals surface area contributed by atoms with Crippen molar-refractivity contribution in [2.75, 3.05) is 0 Å². The minimum atomic E-state index is 0.281. The Hall–Kier alpha value is -1.80. The molecule has 1 aliphatic rings. The van der Waals surface area contributed by atoms with E-state index in [2.05, 4.69) is 30.3 Å². The topological polar surface area (TPSA) is 17.1 Å². The molecular formula is C18H16OS. The molecule has 0 radical (unpaired) electrons. The van der Waals surface area contributed by atoms with Gasteiger partial charge in [0.05, 0.1) is 0 Å². The molecule has 100 valence electrons. The Kier molecular flexibility index (Phi) is 4.03. The van der Waals surface area contributed by atoms with E-state index < -0.39 is 0 Å². The molecule has 2 aromatic carbocycles. The summed E-state index contributed by atoms with van der Waals surface area (Å²) in [5, 5.41) is 0.281. The van der Waals surface area contributed by atoms with E-state index in [1.54, 1.807) is 11.8 Å². The summed E-state index contributed by atoms with van der Waals surface area (Å²) in [7, 11) is 0. The number of thioether (sulfide) groups is 1. The van der Waals surface area contributed by atoms with Gasteiger partial charge in [0.15, 0.2) is 5.78 Å². The second-order valence-electron chi connectivity index (χ2n) is 4.95. The predicted octanol–water partition coefficient (Wildman–Crippen LogP) is 4.29. The molecule has 0 aliphatic heterocycles. The molecule has 1 unspecified atom stereocenters. The first kappa shape index (κ1) is 13.2. The van der Waals surface area contributed by atoms with Crippen LogP contribution in [0.25, 0.3) is 0 Å². The highest BCUT2D eigenvalue weighted by Gasteiger charge is 2.24. The average Bonchev–Trinajstić information content (AvgIpc) is 2.81. The maximum absolute atomic E-state index is 12.1. The lowest BCUT2D eigenvalue weighted by atomic mass is 10.0. The molecule has 2 heteroatoms. The number of benzene rings is 2. The lowest BCUT2D eigenvalue weighted by molar-refractivity contribution is -0.114. The largest absolute Gasteiger partial charge is 0.294 e. The predicted molar refractivity (Wildman–Crippen MR) is 83.9 cm³/mol. The molecule has 0 spiro atoms. The van der Waals surface area contributed by atoms with Crippen molar-refractivity contribution in [2.45, 2.75) is 23.0 Å². The molecule has 2 aromatic rings. The molecule has 0 saturated carbocycles. The molecule has 0 fully saturated rings. The number of Topliss-reactive ketones (excluding diaryl/α,β-unsaturated/α-hetero) is 1.